The zero-order valence-corrected chi connectivity index (χ0v) is 21.9. The Morgan fingerprint density at radius 1 is 0.825 bits per heavy atom. The molecule has 3 heterocycles. The smallest absolute Gasteiger partial charge is 0.289 e. The molecule has 0 aliphatic carbocycles. The maximum absolute atomic E-state index is 13.2. The molecule has 6 rings (SSSR count). The van der Waals surface area contributed by atoms with Crippen LogP contribution in [0, 0.1) is 10.1 Å². The third kappa shape index (κ3) is 5.07. The number of benzene rings is 3. The van der Waals surface area contributed by atoms with Crippen molar-refractivity contribution in [2.24, 2.45) is 0 Å². The summed E-state index contributed by atoms with van der Waals surface area (Å²) in [6.07, 6.45) is 2.06. The highest BCUT2D eigenvalue weighted by Crippen LogP contribution is 2.30. The van der Waals surface area contributed by atoms with Gasteiger partial charge in [0.25, 0.3) is 17.5 Å². The van der Waals surface area contributed by atoms with Crippen LogP contribution >= 0.6 is 0 Å². The summed E-state index contributed by atoms with van der Waals surface area (Å²) in [6, 6.07) is 21.4. The second-order valence-electron chi connectivity index (χ2n) is 10.1. The average Bonchev–Trinajstić information content (AvgIpc) is 3.68. The minimum Gasteiger partial charge on any atom is -0.451 e. The Morgan fingerprint density at radius 2 is 1.55 bits per heavy atom. The largest absolute Gasteiger partial charge is 0.451 e. The van der Waals surface area contributed by atoms with Gasteiger partial charge < -0.3 is 24.4 Å². The number of amides is 2. The maximum atomic E-state index is 13.2. The molecule has 2 saturated heterocycles. The molecular formula is C30H29N5O5. The summed E-state index contributed by atoms with van der Waals surface area (Å²) in [4.78, 5) is 43.2. The predicted molar refractivity (Wildman–Crippen MR) is 153 cm³/mol. The van der Waals surface area contributed by atoms with Crippen molar-refractivity contribution >= 4 is 45.5 Å². The number of furan rings is 1. The van der Waals surface area contributed by atoms with E-state index in [1.807, 2.05) is 48.5 Å². The summed E-state index contributed by atoms with van der Waals surface area (Å²) in [5.74, 6) is -0.134. The fourth-order valence-corrected chi connectivity index (χ4v) is 5.42. The Kier molecular flexibility index (Phi) is 6.81. The van der Waals surface area contributed by atoms with Crippen molar-refractivity contribution in [2.45, 2.75) is 12.8 Å². The highest BCUT2D eigenvalue weighted by atomic mass is 16.6. The van der Waals surface area contributed by atoms with Crippen LogP contribution in [0.15, 0.2) is 77.2 Å². The van der Waals surface area contributed by atoms with Crippen LogP contribution < -0.4 is 15.1 Å². The van der Waals surface area contributed by atoms with E-state index in [2.05, 4.69) is 15.1 Å². The van der Waals surface area contributed by atoms with Gasteiger partial charge in [-0.1, -0.05) is 18.2 Å². The molecule has 0 saturated carbocycles. The number of anilines is 3. The molecular weight excluding hydrogens is 510 g/mol. The molecule has 2 aliphatic heterocycles. The number of nitro benzene ring substituents is 1. The Bertz CT molecular complexity index is 1530. The van der Waals surface area contributed by atoms with E-state index in [0.717, 1.165) is 37.0 Å². The van der Waals surface area contributed by atoms with Crippen LogP contribution in [-0.2, 0) is 0 Å². The van der Waals surface area contributed by atoms with Gasteiger partial charge in [-0.2, -0.15) is 0 Å². The lowest BCUT2D eigenvalue weighted by Crippen LogP contribution is -2.48. The van der Waals surface area contributed by atoms with E-state index in [4.69, 9.17) is 4.42 Å². The van der Waals surface area contributed by atoms with Gasteiger partial charge in [0.15, 0.2) is 5.76 Å². The minimum absolute atomic E-state index is 0.108. The summed E-state index contributed by atoms with van der Waals surface area (Å²) in [5.41, 5.74) is 3.20. The second-order valence-corrected chi connectivity index (χ2v) is 10.1. The van der Waals surface area contributed by atoms with Crippen LogP contribution in [0.1, 0.15) is 33.8 Å². The summed E-state index contributed by atoms with van der Waals surface area (Å²) in [6.45, 7) is 4.13. The molecule has 2 aliphatic rings. The molecule has 0 radical (unpaired) electrons. The van der Waals surface area contributed by atoms with E-state index >= 15 is 0 Å². The molecule has 3 aromatic carbocycles. The van der Waals surface area contributed by atoms with Gasteiger partial charge >= 0.3 is 0 Å². The number of hydrogen-bond acceptors (Lipinski definition) is 7. The first-order valence-corrected chi connectivity index (χ1v) is 13.4. The van der Waals surface area contributed by atoms with Crippen molar-refractivity contribution in [3.05, 3.63) is 94.2 Å². The van der Waals surface area contributed by atoms with Crippen molar-refractivity contribution in [3.8, 4) is 0 Å². The number of nitrogens with one attached hydrogen (secondary N) is 1. The van der Waals surface area contributed by atoms with Gasteiger partial charge in [-0.3, -0.25) is 19.7 Å². The van der Waals surface area contributed by atoms with E-state index in [1.165, 1.54) is 12.1 Å². The van der Waals surface area contributed by atoms with Gasteiger partial charge in [0.2, 0.25) is 0 Å². The molecule has 0 bridgehead atoms. The zero-order chi connectivity index (χ0) is 27.6. The number of rotatable bonds is 6. The number of nitrogens with zero attached hydrogens (tertiary/aromatic N) is 4. The predicted octanol–water partition coefficient (Wildman–Crippen LogP) is 5.16. The first-order chi connectivity index (χ1) is 19.5. The quantitative estimate of drug-likeness (QED) is 0.266. The van der Waals surface area contributed by atoms with E-state index in [-0.39, 0.29) is 17.5 Å². The van der Waals surface area contributed by atoms with Crippen LogP contribution in [0.3, 0.4) is 0 Å². The lowest BCUT2D eigenvalue weighted by atomic mass is 10.1. The van der Waals surface area contributed by atoms with E-state index in [0.29, 0.717) is 54.5 Å². The zero-order valence-electron chi connectivity index (χ0n) is 21.9. The van der Waals surface area contributed by atoms with Crippen LogP contribution in [-0.4, -0.2) is 60.9 Å². The average molecular weight is 540 g/mol. The second kappa shape index (κ2) is 10.7. The van der Waals surface area contributed by atoms with Crippen molar-refractivity contribution in [2.75, 3.05) is 54.4 Å². The molecule has 10 heteroatoms. The molecule has 1 aromatic heterocycles. The molecule has 0 atom stereocenters. The standard InChI is InChI=1S/C30H29N5O5/c36-29(25-20-24(35(38)39)11-12-26(25)33-13-3-4-14-33)31-22-7-9-23(10-8-22)32-15-17-34(18-16-32)30(37)28-19-21-5-1-2-6-27(21)40-28/h1-2,5-12,19-20H,3-4,13-18H2,(H,31,36). The van der Waals surface area contributed by atoms with Gasteiger partial charge in [0.05, 0.1) is 16.2 Å². The van der Waals surface area contributed by atoms with Gasteiger partial charge in [-0.05, 0) is 55.3 Å². The van der Waals surface area contributed by atoms with Gasteiger partial charge in [0, 0.05) is 68.2 Å². The van der Waals surface area contributed by atoms with Gasteiger partial charge in [-0.15, -0.1) is 0 Å². The highest BCUT2D eigenvalue weighted by Gasteiger charge is 2.25. The maximum Gasteiger partial charge on any atom is 0.289 e. The number of hydrogen-bond donors (Lipinski definition) is 1. The van der Waals surface area contributed by atoms with Crippen LogP contribution in [0.5, 0.6) is 0 Å². The van der Waals surface area contributed by atoms with Crippen molar-refractivity contribution in [3.63, 3.8) is 0 Å². The van der Waals surface area contributed by atoms with E-state index in [9.17, 15) is 19.7 Å². The Hall–Kier alpha value is -4.86. The van der Waals surface area contributed by atoms with Crippen molar-refractivity contribution in [1.82, 2.24) is 4.90 Å². The fraction of sp³-hybridized carbons (Fsp3) is 0.267. The van der Waals surface area contributed by atoms with Crippen molar-refractivity contribution in [1.29, 1.82) is 0 Å². The Balaban J connectivity index is 1.09. The SMILES string of the molecule is O=C(Nc1ccc(N2CCN(C(=O)c3cc4ccccc4o3)CC2)cc1)c1cc([N+](=O)[O-])ccc1N1CCCC1. The van der Waals surface area contributed by atoms with Crippen LogP contribution in [0.4, 0.5) is 22.7 Å². The number of fused-ring (bicyclic) bond motifs is 1. The van der Waals surface area contributed by atoms with Gasteiger partial charge in [0.1, 0.15) is 5.58 Å². The van der Waals surface area contributed by atoms with Crippen LogP contribution in [0.25, 0.3) is 11.0 Å². The van der Waals surface area contributed by atoms with Crippen molar-refractivity contribution < 1.29 is 18.9 Å². The Labute approximate surface area is 230 Å². The molecule has 10 nitrogen and oxygen atoms in total. The number of carbonyl (C=O) groups excluding carboxylic acids is 2. The number of para-hydroxylation sites is 1. The van der Waals surface area contributed by atoms with Crippen LogP contribution in [0.2, 0.25) is 0 Å². The molecule has 0 spiro atoms. The number of piperazine rings is 1. The third-order valence-electron chi connectivity index (χ3n) is 7.58. The number of non-ortho nitro benzene ring substituents is 1. The summed E-state index contributed by atoms with van der Waals surface area (Å²) in [5, 5.41) is 15.2. The molecule has 2 fully saturated rings. The molecule has 0 unspecified atom stereocenters. The number of nitro groups is 1. The molecule has 204 valence electrons. The number of carbonyl (C=O) groups is 2. The lowest BCUT2D eigenvalue weighted by molar-refractivity contribution is -0.384. The van der Waals surface area contributed by atoms with Gasteiger partial charge in [-0.25, -0.2) is 0 Å². The highest BCUT2D eigenvalue weighted by molar-refractivity contribution is 6.08. The summed E-state index contributed by atoms with van der Waals surface area (Å²) < 4.78 is 5.75. The summed E-state index contributed by atoms with van der Waals surface area (Å²) in [7, 11) is 0. The first-order valence-electron chi connectivity index (χ1n) is 13.4. The first kappa shape index (κ1) is 25.4. The molecule has 4 aromatic rings. The lowest BCUT2D eigenvalue weighted by Gasteiger charge is -2.35. The molecule has 2 amide bonds. The molecule has 40 heavy (non-hydrogen) atoms. The minimum atomic E-state index is -0.483. The summed E-state index contributed by atoms with van der Waals surface area (Å²) >= 11 is 0. The topological polar surface area (TPSA) is 112 Å². The van der Waals surface area contributed by atoms with E-state index in [1.54, 1.807) is 17.0 Å². The molecule has 1 N–H and O–H groups in total. The third-order valence-corrected chi connectivity index (χ3v) is 7.58. The normalized spacial score (nSPS) is 15.4. The monoisotopic (exact) mass is 539 g/mol. The fourth-order valence-electron chi connectivity index (χ4n) is 5.42. The Morgan fingerprint density at radius 3 is 2.25 bits per heavy atom. The van der Waals surface area contributed by atoms with E-state index < -0.39 is 4.92 Å².